The third-order valence-corrected chi connectivity index (χ3v) is 4.44. The zero-order chi connectivity index (χ0) is 23.3. The van der Waals surface area contributed by atoms with Crippen molar-refractivity contribution in [2.45, 2.75) is 6.92 Å². The Kier molecular flexibility index (Phi) is 6.64. The second-order valence-electron chi connectivity index (χ2n) is 6.61. The zero-order valence-electron chi connectivity index (χ0n) is 17.1. The third kappa shape index (κ3) is 5.17. The first-order valence-electron chi connectivity index (χ1n) is 9.29. The number of benzene rings is 2. The summed E-state index contributed by atoms with van der Waals surface area (Å²) in [5, 5.41) is 13.3. The minimum atomic E-state index is -0.853. The summed E-state index contributed by atoms with van der Waals surface area (Å²) < 4.78 is 15.1. The van der Waals surface area contributed by atoms with Crippen LogP contribution in [0.3, 0.4) is 0 Å². The fourth-order valence-corrected chi connectivity index (χ4v) is 2.74. The van der Waals surface area contributed by atoms with E-state index in [0.717, 1.165) is 0 Å². The van der Waals surface area contributed by atoms with Gasteiger partial charge in [0.15, 0.2) is 6.61 Å². The smallest absolute Gasteiger partial charge is 0.374 e. The van der Waals surface area contributed by atoms with E-state index in [1.54, 1.807) is 19.1 Å². The van der Waals surface area contributed by atoms with Crippen molar-refractivity contribution in [3.05, 3.63) is 81.6 Å². The lowest BCUT2D eigenvalue weighted by molar-refractivity contribution is -0.384. The maximum absolute atomic E-state index is 12.2. The fourth-order valence-electron chi connectivity index (χ4n) is 2.74. The summed E-state index contributed by atoms with van der Waals surface area (Å²) in [7, 11) is 1.25. The van der Waals surface area contributed by atoms with Crippen molar-refractivity contribution in [2.24, 2.45) is 0 Å². The minimum absolute atomic E-state index is 0.0710. The summed E-state index contributed by atoms with van der Waals surface area (Å²) in [6.07, 6.45) is 0. The Morgan fingerprint density at radius 2 is 1.75 bits per heavy atom. The van der Waals surface area contributed by atoms with Crippen LogP contribution >= 0.6 is 0 Å². The lowest BCUT2D eigenvalue weighted by atomic mass is 10.1. The van der Waals surface area contributed by atoms with Gasteiger partial charge in [-0.2, -0.15) is 0 Å². The lowest BCUT2D eigenvalue weighted by Crippen LogP contribution is -2.21. The average molecular weight is 438 g/mol. The van der Waals surface area contributed by atoms with Crippen LogP contribution in [0.15, 0.2) is 59.0 Å². The van der Waals surface area contributed by atoms with Crippen LogP contribution in [0.2, 0.25) is 0 Å². The normalized spacial score (nSPS) is 10.3. The number of carbonyl (C=O) groups excluding carboxylic acids is 3. The van der Waals surface area contributed by atoms with Gasteiger partial charge in [0.2, 0.25) is 5.76 Å². The zero-order valence-corrected chi connectivity index (χ0v) is 17.1. The van der Waals surface area contributed by atoms with Gasteiger partial charge in [-0.1, -0.05) is 6.07 Å². The van der Waals surface area contributed by atoms with E-state index in [-0.39, 0.29) is 17.0 Å². The number of rotatable bonds is 7. The Morgan fingerprint density at radius 3 is 2.41 bits per heavy atom. The second-order valence-corrected chi connectivity index (χ2v) is 6.61. The van der Waals surface area contributed by atoms with Crippen LogP contribution < -0.4 is 5.32 Å². The lowest BCUT2D eigenvalue weighted by Gasteiger charge is -2.10. The molecule has 0 atom stereocenters. The summed E-state index contributed by atoms with van der Waals surface area (Å²) in [4.78, 5) is 46.2. The van der Waals surface area contributed by atoms with Gasteiger partial charge in [0.25, 0.3) is 11.6 Å². The number of ether oxygens (including phenoxy) is 2. The summed E-state index contributed by atoms with van der Waals surface area (Å²) in [5.41, 5.74) is 1.81. The summed E-state index contributed by atoms with van der Waals surface area (Å²) >= 11 is 0. The van der Waals surface area contributed by atoms with E-state index in [1.807, 2.05) is 0 Å². The van der Waals surface area contributed by atoms with Crippen molar-refractivity contribution in [1.82, 2.24) is 0 Å². The minimum Gasteiger partial charge on any atom is -0.465 e. The number of carbonyl (C=O) groups is 3. The molecule has 0 unspecified atom stereocenters. The molecule has 1 heterocycles. The second kappa shape index (κ2) is 9.56. The molecule has 0 aliphatic carbocycles. The number of non-ortho nitro benzene ring substituents is 1. The van der Waals surface area contributed by atoms with Gasteiger partial charge in [-0.05, 0) is 48.9 Å². The van der Waals surface area contributed by atoms with E-state index in [0.29, 0.717) is 22.6 Å². The van der Waals surface area contributed by atoms with Gasteiger partial charge in [-0.3, -0.25) is 14.9 Å². The standard InChI is InChI=1S/C22H18N2O8/c1-13-3-4-15(21(26)30-2)11-17(13)23-20(25)12-31-22(27)19-10-9-18(32-19)14-5-7-16(8-6-14)24(28)29/h3-11H,12H2,1-2H3,(H,23,25). The van der Waals surface area contributed by atoms with Crippen molar-refractivity contribution in [1.29, 1.82) is 0 Å². The van der Waals surface area contributed by atoms with Gasteiger partial charge < -0.3 is 19.2 Å². The quantitative estimate of drug-likeness (QED) is 0.334. The molecule has 1 amide bonds. The topological polar surface area (TPSA) is 138 Å². The first-order chi connectivity index (χ1) is 15.3. The molecule has 3 rings (SSSR count). The summed E-state index contributed by atoms with van der Waals surface area (Å²) in [6, 6.07) is 13.2. The first-order valence-corrected chi connectivity index (χ1v) is 9.29. The van der Waals surface area contributed by atoms with Crippen molar-refractivity contribution >= 4 is 29.2 Å². The monoisotopic (exact) mass is 438 g/mol. The molecule has 32 heavy (non-hydrogen) atoms. The molecule has 0 fully saturated rings. The number of nitrogens with one attached hydrogen (secondary N) is 1. The Hall–Kier alpha value is -4.47. The van der Waals surface area contributed by atoms with Crippen molar-refractivity contribution < 1.29 is 33.2 Å². The van der Waals surface area contributed by atoms with Gasteiger partial charge in [0, 0.05) is 23.4 Å². The Morgan fingerprint density at radius 1 is 1.03 bits per heavy atom. The molecule has 1 aromatic heterocycles. The van der Waals surface area contributed by atoms with Crippen LogP contribution in [0, 0.1) is 17.0 Å². The Balaban J connectivity index is 1.60. The molecular formula is C22H18N2O8. The number of nitro groups is 1. The molecule has 0 saturated carbocycles. The molecule has 0 radical (unpaired) electrons. The van der Waals surface area contributed by atoms with E-state index in [9.17, 15) is 24.5 Å². The molecule has 3 aromatic rings. The van der Waals surface area contributed by atoms with Crippen LogP contribution in [0.25, 0.3) is 11.3 Å². The van der Waals surface area contributed by atoms with Crippen LogP contribution in [0.1, 0.15) is 26.5 Å². The van der Waals surface area contributed by atoms with Crippen LogP contribution in [-0.4, -0.2) is 36.5 Å². The number of nitrogens with zero attached hydrogens (tertiary/aromatic N) is 1. The predicted molar refractivity (Wildman–Crippen MR) is 112 cm³/mol. The highest BCUT2D eigenvalue weighted by Gasteiger charge is 2.17. The number of nitro benzene ring substituents is 1. The number of anilines is 1. The van der Waals surface area contributed by atoms with Crippen LogP contribution in [0.5, 0.6) is 0 Å². The van der Waals surface area contributed by atoms with E-state index < -0.39 is 29.4 Å². The van der Waals surface area contributed by atoms with E-state index in [1.165, 1.54) is 49.6 Å². The van der Waals surface area contributed by atoms with Crippen LogP contribution in [0.4, 0.5) is 11.4 Å². The average Bonchev–Trinajstić information content (AvgIpc) is 3.29. The number of furan rings is 1. The molecule has 0 saturated heterocycles. The predicted octanol–water partition coefficient (Wildman–Crippen LogP) is 3.75. The molecule has 0 spiro atoms. The number of hydrogen-bond acceptors (Lipinski definition) is 8. The maximum atomic E-state index is 12.2. The number of hydrogen-bond donors (Lipinski definition) is 1. The van der Waals surface area contributed by atoms with Gasteiger partial charge in [-0.25, -0.2) is 9.59 Å². The van der Waals surface area contributed by atoms with Gasteiger partial charge in [-0.15, -0.1) is 0 Å². The molecule has 10 nitrogen and oxygen atoms in total. The molecular weight excluding hydrogens is 420 g/mol. The van der Waals surface area contributed by atoms with E-state index in [4.69, 9.17) is 9.15 Å². The number of amides is 1. The molecule has 0 bridgehead atoms. The highest BCUT2D eigenvalue weighted by Crippen LogP contribution is 2.25. The Labute approximate surface area is 181 Å². The number of esters is 2. The first kappa shape index (κ1) is 22.2. The van der Waals surface area contributed by atoms with E-state index in [2.05, 4.69) is 10.1 Å². The largest absolute Gasteiger partial charge is 0.465 e. The fraction of sp³-hybridized carbons (Fsp3) is 0.136. The van der Waals surface area contributed by atoms with Crippen molar-refractivity contribution in [3.63, 3.8) is 0 Å². The molecule has 164 valence electrons. The van der Waals surface area contributed by atoms with Crippen LogP contribution in [-0.2, 0) is 14.3 Å². The van der Waals surface area contributed by atoms with Gasteiger partial charge >= 0.3 is 11.9 Å². The van der Waals surface area contributed by atoms with Gasteiger partial charge in [0.1, 0.15) is 5.76 Å². The van der Waals surface area contributed by atoms with E-state index >= 15 is 0 Å². The van der Waals surface area contributed by atoms with Gasteiger partial charge in [0.05, 0.1) is 17.6 Å². The van der Waals surface area contributed by atoms with Crippen molar-refractivity contribution in [2.75, 3.05) is 19.0 Å². The summed E-state index contributed by atoms with van der Waals surface area (Å²) in [5.74, 6) is -1.82. The highest BCUT2D eigenvalue weighted by atomic mass is 16.6. The van der Waals surface area contributed by atoms with Crippen molar-refractivity contribution in [3.8, 4) is 11.3 Å². The third-order valence-electron chi connectivity index (χ3n) is 4.44. The number of aryl methyl sites for hydroxylation is 1. The molecule has 0 aliphatic heterocycles. The summed E-state index contributed by atoms with van der Waals surface area (Å²) in [6.45, 7) is 1.17. The number of methoxy groups -OCH3 is 1. The Bertz CT molecular complexity index is 1180. The highest BCUT2D eigenvalue weighted by molar-refractivity contribution is 5.97. The SMILES string of the molecule is COC(=O)c1ccc(C)c(NC(=O)COC(=O)c2ccc(-c3ccc([N+](=O)[O-])cc3)o2)c1. The molecule has 10 heteroatoms. The molecule has 1 N–H and O–H groups in total. The maximum Gasteiger partial charge on any atom is 0.374 e. The molecule has 0 aliphatic rings. The molecule has 2 aromatic carbocycles.